The smallest absolute Gasteiger partial charge is 0.114 e. The van der Waals surface area contributed by atoms with E-state index < -0.39 is 6.17 Å². The highest BCUT2D eigenvalue weighted by Crippen LogP contribution is 2.11. The number of alkyl halides is 1. The third-order valence-electron chi connectivity index (χ3n) is 2.79. The topological polar surface area (TPSA) is 24.1 Å². The highest BCUT2D eigenvalue weighted by molar-refractivity contribution is 4.81. The summed E-state index contributed by atoms with van der Waals surface area (Å²) in [6.45, 7) is 4.90. The van der Waals surface area contributed by atoms with Crippen LogP contribution in [-0.2, 0) is 0 Å². The van der Waals surface area contributed by atoms with E-state index in [2.05, 4.69) is 17.6 Å². The predicted molar refractivity (Wildman–Crippen MR) is 58.3 cm³/mol. The second kappa shape index (κ2) is 7.18. The van der Waals surface area contributed by atoms with Gasteiger partial charge in [-0.15, -0.1) is 0 Å². The molecule has 0 spiro atoms. The summed E-state index contributed by atoms with van der Waals surface area (Å²) < 4.78 is 12.8. The molecule has 3 heteroatoms. The molecule has 2 atom stereocenters. The fourth-order valence-corrected chi connectivity index (χ4v) is 1.89. The highest BCUT2D eigenvalue weighted by atomic mass is 19.1. The predicted octanol–water partition coefficient (Wildman–Crippen LogP) is 1.86. The van der Waals surface area contributed by atoms with Gasteiger partial charge in [0.2, 0.25) is 0 Å². The molecule has 1 aliphatic rings. The van der Waals surface area contributed by atoms with Gasteiger partial charge < -0.3 is 10.6 Å². The van der Waals surface area contributed by atoms with Crippen LogP contribution in [0.3, 0.4) is 0 Å². The number of unbranched alkanes of at least 4 members (excludes halogenated alkanes) is 2. The highest BCUT2D eigenvalue weighted by Gasteiger charge is 2.22. The van der Waals surface area contributed by atoms with Gasteiger partial charge in [-0.25, -0.2) is 4.39 Å². The van der Waals surface area contributed by atoms with Gasteiger partial charge in [-0.3, -0.25) is 0 Å². The average molecular weight is 202 g/mol. The number of halogens is 1. The molecule has 14 heavy (non-hydrogen) atoms. The van der Waals surface area contributed by atoms with Gasteiger partial charge in [0.25, 0.3) is 0 Å². The summed E-state index contributed by atoms with van der Waals surface area (Å²) in [6, 6.07) is 0.406. The number of hydrogen-bond donors (Lipinski definition) is 2. The molecule has 0 bridgehead atoms. The van der Waals surface area contributed by atoms with Gasteiger partial charge in [-0.1, -0.05) is 19.8 Å². The first kappa shape index (κ1) is 11.9. The molecule has 2 N–H and O–H groups in total. The van der Waals surface area contributed by atoms with E-state index in [1.165, 1.54) is 19.3 Å². The second-order valence-electron chi connectivity index (χ2n) is 4.18. The van der Waals surface area contributed by atoms with E-state index in [1.54, 1.807) is 0 Å². The van der Waals surface area contributed by atoms with Crippen molar-refractivity contribution in [3.8, 4) is 0 Å². The lowest BCUT2D eigenvalue weighted by molar-refractivity contribution is 0.353. The summed E-state index contributed by atoms with van der Waals surface area (Å²) in [7, 11) is 0. The Kier molecular flexibility index (Phi) is 6.12. The van der Waals surface area contributed by atoms with Gasteiger partial charge >= 0.3 is 0 Å². The normalized spacial score (nSPS) is 27.0. The first-order chi connectivity index (χ1) is 6.83. The first-order valence-corrected chi connectivity index (χ1v) is 5.91. The van der Waals surface area contributed by atoms with Crippen LogP contribution in [0.2, 0.25) is 0 Å². The first-order valence-electron chi connectivity index (χ1n) is 5.91. The quantitative estimate of drug-likeness (QED) is 0.616. The van der Waals surface area contributed by atoms with Crippen molar-refractivity contribution >= 4 is 0 Å². The molecule has 0 aromatic rings. The molecule has 84 valence electrons. The molecule has 0 aromatic heterocycles. The zero-order valence-corrected chi connectivity index (χ0v) is 9.19. The summed E-state index contributed by atoms with van der Waals surface area (Å²) in [5.41, 5.74) is 0. The van der Waals surface area contributed by atoms with Gasteiger partial charge in [-0.2, -0.15) is 0 Å². The maximum atomic E-state index is 12.8. The van der Waals surface area contributed by atoms with Crippen LogP contribution in [-0.4, -0.2) is 31.8 Å². The van der Waals surface area contributed by atoms with E-state index in [9.17, 15) is 4.39 Å². The van der Waals surface area contributed by atoms with Crippen LogP contribution >= 0.6 is 0 Å². The Bertz CT molecular complexity index is 141. The lowest BCUT2D eigenvalue weighted by Gasteiger charge is -2.10. The summed E-state index contributed by atoms with van der Waals surface area (Å²) >= 11 is 0. The fourth-order valence-electron chi connectivity index (χ4n) is 1.89. The molecule has 1 heterocycles. The Labute approximate surface area is 86.6 Å². The molecule has 0 aromatic carbocycles. The maximum absolute atomic E-state index is 12.8. The largest absolute Gasteiger partial charge is 0.317 e. The van der Waals surface area contributed by atoms with Crippen molar-refractivity contribution in [2.24, 2.45) is 0 Å². The molecule has 0 saturated carbocycles. The molecule has 1 rings (SSSR count). The fraction of sp³-hybridized carbons (Fsp3) is 1.00. The van der Waals surface area contributed by atoms with E-state index in [0.717, 1.165) is 19.5 Å². The van der Waals surface area contributed by atoms with Crippen molar-refractivity contribution < 1.29 is 4.39 Å². The van der Waals surface area contributed by atoms with Gasteiger partial charge in [0.1, 0.15) is 6.17 Å². The van der Waals surface area contributed by atoms with Crippen LogP contribution in [0.4, 0.5) is 4.39 Å². The van der Waals surface area contributed by atoms with Crippen molar-refractivity contribution in [3.05, 3.63) is 0 Å². The number of nitrogens with one attached hydrogen (secondary N) is 2. The van der Waals surface area contributed by atoms with Crippen LogP contribution in [0.25, 0.3) is 0 Å². The third-order valence-corrected chi connectivity index (χ3v) is 2.79. The molecule has 0 amide bonds. The molecule has 0 aliphatic carbocycles. The zero-order valence-electron chi connectivity index (χ0n) is 9.19. The van der Waals surface area contributed by atoms with Gasteiger partial charge in [0.15, 0.2) is 0 Å². The van der Waals surface area contributed by atoms with E-state index >= 15 is 0 Å². The molecule has 1 fully saturated rings. The van der Waals surface area contributed by atoms with Crippen molar-refractivity contribution in [3.63, 3.8) is 0 Å². The molecule has 1 saturated heterocycles. The van der Waals surface area contributed by atoms with E-state index in [-0.39, 0.29) is 0 Å². The summed E-state index contributed by atoms with van der Waals surface area (Å²) in [5.74, 6) is 0. The van der Waals surface area contributed by atoms with Crippen LogP contribution in [0, 0.1) is 0 Å². The summed E-state index contributed by atoms with van der Waals surface area (Å²) in [4.78, 5) is 0. The monoisotopic (exact) mass is 202 g/mol. The van der Waals surface area contributed by atoms with Gasteiger partial charge in [0, 0.05) is 12.6 Å². The SMILES string of the molecule is CCCCCNCCC1CC(F)CN1. The van der Waals surface area contributed by atoms with Crippen LogP contribution in [0.5, 0.6) is 0 Å². The van der Waals surface area contributed by atoms with E-state index in [1.807, 2.05) is 0 Å². The Hall–Kier alpha value is -0.150. The van der Waals surface area contributed by atoms with Crippen LogP contribution < -0.4 is 10.6 Å². The zero-order chi connectivity index (χ0) is 10.2. The van der Waals surface area contributed by atoms with Gasteiger partial charge in [0.05, 0.1) is 0 Å². The Morgan fingerprint density at radius 3 is 2.86 bits per heavy atom. The molecule has 1 aliphatic heterocycles. The Balaban J connectivity index is 1.84. The van der Waals surface area contributed by atoms with Crippen LogP contribution in [0.1, 0.15) is 39.0 Å². The van der Waals surface area contributed by atoms with Crippen molar-refractivity contribution in [1.29, 1.82) is 0 Å². The number of hydrogen-bond acceptors (Lipinski definition) is 2. The number of rotatable bonds is 7. The van der Waals surface area contributed by atoms with E-state index in [4.69, 9.17) is 0 Å². The van der Waals surface area contributed by atoms with Crippen LogP contribution in [0.15, 0.2) is 0 Å². The third kappa shape index (κ3) is 4.91. The van der Waals surface area contributed by atoms with Gasteiger partial charge in [-0.05, 0) is 32.4 Å². The van der Waals surface area contributed by atoms with Crippen molar-refractivity contribution in [1.82, 2.24) is 10.6 Å². The minimum absolute atomic E-state index is 0.406. The van der Waals surface area contributed by atoms with Crippen molar-refractivity contribution in [2.45, 2.75) is 51.2 Å². The lowest BCUT2D eigenvalue weighted by atomic mass is 10.1. The Morgan fingerprint density at radius 2 is 2.21 bits per heavy atom. The molecule has 2 nitrogen and oxygen atoms in total. The average Bonchev–Trinajstić information content (AvgIpc) is 2.58. The minimum Gasteiger partial charge on any atom is -0.317 e. The molecule has 0 radical (unpaired) electrons. The molecular weight excluding hydrogens is 179 g/mol. The van der Waals surface area contributed by atoms with E-state index in [0.29, 0.717) is 19.0 Å². The lowest BCUT2D eigenvalue weighted by Crippen LogP contribution is -2.27. The summed E-state index contributed by atoms with van der Waals surface area (Å²) in [5, 5.41) is 6.59. The Morgan fingerprint density at radius 1 is 1.36 bits per heavy atom. The maximum Gasteiger partial charge on any atom is 0.114 e. The van der Waals surface area contributed by atoms with Crippen molar-refractivity contribution in [2.75, 3.05) is 19.6 Å². The molecular formula is C11H23FN2. The summed E-state index contributed by atoms with van der Waals surface area (Å²) in [6.07, 6.45) is 5.00. The standard InChI is InChI=1S/C11H23FN2/c1-2-3-4-6-13-7-5-11-8-10(12)9-14-11/h10-11,13-14H,2-9H2,1H3. The second-order valence-corrected chi connectivity index (χ2v) is 4.18. The minimum atomic E-state index is -0.611. The molecule has 2 unspecified atom stereocenters.